The molecule has 0 aromatic heterocycles. The summed E-state index contributed by atoms with van der Waals surface area (Å²) in [5.41, 5.74) is 2.54. The number of rotatable bonds is 5. The van der Waals surface area contributed by atoms with E-state index in [0.717, 1.165) is 5.56 Å². The van der Waals surface area contributed by atoms with Crippen molar-refractivity contribution >= 4 is 5.91 Å². The molecule has 0 aliphatic carbocycles. The molecule has 0 bridgehead atoms. The SMILES string of the molecule is CCCC.O=C(CCCc1ccc(F)cc1)NO. The summed E-state index contributed by atoms with van der Waals surface area (Å²) in [6.07, 6.45) is 4.25. The molecule has 0 aliphatic heterocycles. The van der Waals surface area contributed by atoms with E-state index in [1.807, 2.05) is 0 Å². The van der Waals surface area contributed by atoms with Crippen LogP contribution in [0.5, 0.6) is 0 Å². The summed E-state index contributed by atoms with van der Waals surface area (Å²) < 4.78 is 12.5. The Balaban J connectivity index is 0.000000631. The molecule has 3 nitrogen and oxygen atoms in total. The third kappa shape index (κ3) is 8.70. The normalized spacial score (nSPS) is 9.33. The van der Waals surface area contributed by atoms with Crippen LogP contribution in [0.3, 0.4) is 0 Å². The molecule has 0 heterocycles. The zero-order valence-corrected chi connectivity index (χ0v) is 11.1. The number of hydrogen-bond donors (Lipinski definition) is 2. The van der Waals surface area contributed by atoms with Gasteiger partial charge in [-0.2, -0.15) is 0 Å². The van der Waals surface area contributed by atoms with Crippen LogP contribution in [0, 0.1) is 5.82 Å². The Kier molecular flexibility index (Phi) is 9.87. The van der Waals surface area contributed by atoms with Gasteiger partial charge in [-0.05, 0) is 30.5 Å². The van der Waals surface area contributed by atoms with Crippen molar-refractivity contribution in [1.82, 2.24) is 5.48 Å². The highest BCUT2D eigenvalue weighted by molar-refractivity contribution is 5.74. The molecule has 1 rings (SSSR count). The lowest BCUT2D eigenvalue weighted by atomic mass is 10.1. The Bertz CT molecular complexity index is 323. The van der Waals surface area contributed by atoms with E-state index in [4.69, 9.17) is 5.21 Å². The molecule has 0 atom stereocenters. The second-order valence-electron chi connectivity index (χ2n) is 4.01. The summed E-state index contributed by atoms with van der Waals surface area (Å²) in [6, 6.07) is 6.15. The zero-order chi connectivity index (χ0) is 13.8. The van der Waals surface area contributed by atoms with Crippen molar-refractivity contribution in [3.8, 4) is 0 Å². The molecule has 0 aliphatic rings. The highest BCUT2D eigenvalue weighted by Crippen LogP contribution is 2.06. The van der Waals surface area contributed by atoms with Gasteiger partial charge >= 0.3 is 0 Å². The van der Waals surface area contributed by atoms with Crippen LogP contribution in [-0.2, 0) is 11.2 Å². The van der Waals surface area contributed by atoms with Gasteiger partial charge < -0.3 is 0 Å². The van der Waals surface area contributed by atoms with Gasteiger partial charge in [-0.15, -0.1) is 0 Å². The molecular formula is C14H22FNO2. The molecule has 0 unspecified atom stereocenters. The monoisotopic (exact) mass is 255 g/mol. The maximum Gasteiger partial charge on any atom is 0.243 e. The lowest BCUT2D eigenvalue weighted by Gasteiger charge is -2.00. The van der Waals surface area contributed by atoms with Crippen molar-refractivity contribution in [2.45, 2.75) is 46.0 Å². The summed E-state index contributed by atoms with van der Waals surface area (Å²) in [6.45, 7) is 4.36. The zero-order valence-electron chi connectivity index (χ0n) is 11.1. The summed E-state index contributed by atoms with van der Waals surface area (Å²) in [5, 5.41) is 8.22. The molecule has 0 spiro atoms. The largest absolute Gasteiger partial charge is 0.289 e. The summed E-state index contributed by atoms with van der Waals surface area (Å²) >= 11 is 0. The molecule has 4 heteroatoms. The van der Waals surface area contributed by atoms with Gasteiger partial charge in [0, 0.05) is 6.42 Å². The standard InChI is InChI=1S/C10H12FNO2.C4H10/c11-9-6-4-8(5-7-9)2-1-3-10(13)12-14;1-3-4-2/h4-7,14H,1-3H2,(H,12,13);3-4H2,1-2H3. The maximum absolute atomic E-state index is 12.5. The Morgan fingerprint density at radius 3 is 2.22 bits per heavy atom. The fraction of sp³-hybridized carbons (Fsp3) is 0.500. The van der Waals surface area contributed by atoms with Crippen LogP contribution in [0.1, 0.15) is 45.1 Å². The minimum atomic E-state index is -0.396. The van der Waals surface area contributed by atoms with Gasteiger partial charge in [0.25, 0.3) is 0 Å². The second kappa shape index (κ2) is 10.7. The van der Waals surface area contributed by atoms with Crippen LogP contribution in [0.2, 0.25) is 0 Å². The van der Waals surface area contributed by atoms with Gasteiger partial charge in [0.05, 0.1) is 0 Å². The van der Waals surface area contributed by atoms with E-state index in [1.165, 1.54) is 25.0 Å². The highest BCUT2D eigenvalue weighted by atomic mass is 19.1. The molecule has 1 aromatic carbocycles. The van der Waals surface area contributed by atoms with E-state index in [0.29, 0.717) is 12.8 Å². The molecule has 102 valence electrons. The molecule has 2 N–H and O–H groups in total. The molecule has 18 heavy (non-hydrogen) atoms. The number of benzene rings is 1. The highest BCUT2D eigenvalue weighted by Gasteiger charge is 1.99. The van der Waals surface area contributed by atoms with E-state index >= 15 is 0 Å². The number of unbranched alkanes of at least 4 members (excludes halogenated alkanes) is 1. The molecular weight excluding hydrogens is 233 g/mol. The second-order valence-corrected chi connectivity index (χ2v) is 4.01. The van der Waals surface area contributed by atoms with Crippen LogP contribution in [0.15, 0.2) is 24.3 Å². The average Bonchev–Trinajstić information content (AvgIpc) is 2.41. The number of amides is 1. The third-order valence-corrected chi connectivity index (χ3v) is 2.41. The molecule has 1 aromatic rings. The summed E-state index contributed by atoms with van der Waals surface area (Å²) in [5.74, 6) is -0.658. The number of hydroxylamine groups is 1. The number of carbonyl (C=O) groups excluding carboxylic acids is 1. The number of hydrogen-bond acceptors (Lipinski definition) is 2. The number of carbonyl (C=O) groups is 1. The lowest BCUT2D eigenvalue weighted by Crippen LogP contribution is -2.18. The lowest BCUT2D eigenvalue weighted by molar-refractivity contribution is -0.129. The first-order valence-electron chi connectivity index (χ1n) is 6.31. The van der Waals surface area contributed by atoms with Gasteiger partial charge in [-0.3, -0.25) is 10.0 Å². The van der Waals surface area contributed by atoms with Crippen LogP contribution in [-0.4, -0.2) is 11.1 Å². The first kappa shape index (κ1) is 16.6. The predicted molar refractivity (Wildman–Crippen MR) is 69.8 cm³/mol. The number of halogens is 1. The van der Waals surface area contributed by atoms with E-state index < -0.39 is 5.91 Å². The van der Waals surface area contributed by atoms with Crippen molar-refractivity contribution in [2.24, 2.45) is 0 Å². The number of aryl methyl sites for hydroxylation is 1. The molecule has 1 amide bonds. The van der Waals surface area contributed by atoms with E-state index in [2.05, 4.69) is 13.8 Å². The Labute approximate surface area is 108 Å². The van der Waals surface area contributed by atoms with Gasteiger partial charge in [-0.1, -0.05) is 38.8 Å². The minimum absolute atomic E-state index is 0.262. The minimum Gasteiger partial charge on any atom is -0.289 e. The van der Waals surface area contributed by atoms with Crippen LogP contribution in [0.25, 0.3) is 0 Å². The predicted octanol–water partition coefficient (Wildman–Crippen LogP) is 3.46. The molecule has 0 fully saturated rings. The molecule has 0 saturated carbocycles. The fourth-order valence-electron chi connectivity index (χ4n) is 1.16. The molecule has 0 radical (unpaired) electrons. The molecule has 0 saturated heterocycles. The van der Waals surface area contributed by atoms with Gasteiger partial charge in [-0.25, -0.2) is 9.87 Å². The Hall–Kier alpha value is -1.42. The number of nitrogens with one attached hydrogen (secondary N) is 1. The van der Waals surface area contributed by atoms with Crippen molar-refractivity contribution in [1.29, 1.82) is 0 Å². The van der Waals surface area contributed by atoms with Crippen LogP contribution < -0.4 is 5.48 Å². The van der Waals surface area contributed by atoms with E-state index in [9.17, 15) is 9.18 Å². The van der Waals surface area contributed by atoms with E-state index in [1.54, 1.807) is 17.6 Å². The van der Waals surface area contributed by atoms with Crippen LogP contribution >= 0.6 is 0 Å². The van der Waals surface area contributed by atoms with Gasteiger partial charge in [0.1, 0.15) is 5.82 Å². The van der Waals surface area contributed by atoms with Crippen molar-refractivity contribution in [3.63, 3.8) is 0 Å². The van der Waals surface area contributed by atoms with Gasteiger partial charge in [0.2, 0.25) is 5.91 Å². The van der Waals surface area contributed by atoms with Crippen molar-refractivity contribution in [3.05, 3.63) is 35.6 Å². The van der Waals surface area contributed by atoms with Crippen LogP contribution in [0.4, 0.5) is 4.39 Å². The topological polar surface area (TPSA) is 49.3 Å². The Morgan fingerprint density at radius 2 is 1.78 bits per heavy atom. The maximum atomic E-state index is 12.5. The van der Waals surface area contributed by atoms with E-state index in [-0.39, 0.29) is 12.2 Å². The average molecular weight is 255 g/mol. The summed E-state index contributed by atoms with van der Waals surface area (Å²) in [4.78, 5) is 10.6. The summed E-state index contributed by atoms with van der Waals surface area (Å²) in [7, 11) is 0. The Morgan fingerprint density at radius 1 is 1.22 bits per heavy atom. The van der Waals surface area contributed by atoms with Crippen molar-refractivity contribution in [2.75, 3.05) is 0 Å². The van der Waals surface area contributed by atoms with Gasteiger partial charge in [0.15, 0.2) is 0 Å². The van der Waals surface area contributed by atoms with Crippen molar-refractivity contribution < 1.29 is 14.4 Å². The first-order valence-corrected chi connectivity index (χ1v) is 6.31. The first-order chi connectivity index (χ1) is 8.63. The fourth-order valence-corrected chi connectivity index (χ4v) is 1.16. The smallest absolute Gasteiger partial charge is 0.243 e. The quantitative estimate of drug-likeness (QED) is 0.625. The third-order valence-electron chi connectivity index (χ3n) is 2.41.